The Balaban J connectivity index is 1.19. The molecular weight excluding hydrogens is 701 g/mol. The van der Waals surface area contributed by atoms with Crippen LogP contribution < -0.4 is 30.4 Å². The number of aromatic nitrogens is 3. The van der Waals surface area contributed by atoms with Crippen LogP contribution in [0.15, 0.2) is 182 Å². The molecule has 0 amide bonds. The first kappa shape index (κ1) is 35.2. The Morgan fingerprint density at radius 3 is 1.82 bits per heavy atom. The number of benzene rings is 6. The first-order valence-corrected chi connectivity index (χ1v) is 21.5. The topological polar surface area (TPSA) is 43.2 Å². The van der Waals surface area contributed by atoms with Gasteiger partial charge in [0.2, 0.25) is 0 Å². The van der Waals surface area contributed by atoms with Gasteiger partial charge in [0, 0.05) is 35.9 Å². The molecule has 9 rings (SSSR count). The molecule has 3 heterocycles. The minimum absolute atomic E-state index is 0.362. The second-order valence-corrected chi connectivity index (χ2v) is 18.8. The molecule has 5 nitrogen and oxygen atoms in total. The van der Waals surface area contributed by atoms with Crippen LogP contribution in [0.2, 0.25) is 0 Å². The third-order valence-electron chi connectivity index (χ3n) is 11.0. The Morgan fingerprint density at radius 2 is 1.14 bits per heavy atom. The van der Waals surface area contributed by atoms with E-state index >= 15 is 0 Å². The van der Waals surface area contributed by atoms with Crippen LogP contribution in [0.3, 0.4) is 0 Å². The van der Waals surface area contributed by atoms with Crippen molar-refractivity contribution in [2.45, 2.75) is 39.5 Å². The highest BCUT2D eigenvalue weighted by atomic mass is 28.3. The lowest BCUT2D eigenvalue weighted by Gasteiger charge is -2.44. The van der Waals surface area contributed by atoms with Gasteiger partial charge in [0.05, 0.1) is 11.4 Å². The van der Waals surface area contributed by atoms with E-state index in [9.17, 15) is 0 Å². The number of nitrogens with zero attached hydrogens (tertiary/aromatic N) is 4. The Hall–Kier alpha value is -6.50. The fraction of sp³-hybridized carbons (Fsp3) is 0.120. The smallest absolute Gasteiger partial charge is 0.184 e. The number of anilines is 3. The summed E-state index contributed by atoms with van der Waals surface area (Å²) in [5, 5.41) is 5.27. The van der Waals surface area contributed by atoms with E-state index < -0.39 is 8.07 Å². The number of ether oxygens (including phenoxy) is 1. The van der Waals surface area contributed by atoms with Crippen molar-refractivity contribution in [2.75, 3.05) is 4.90 Å². The molecule has 0 bridgehead atoms. The standard InChI is InChI=1S/C50H44N4OSi/c1-35(2)42-23-16-24-43(36(3)4)49(42)53-32-31-52-50(53)37-17-15-18-38(33-37)55-39-28-29-47-45(34-39)54(48-27-13-14-30-51-48)44-25-11-12-26-46(44)56(47,40-19-7-5-8-20-40)41-21-9-6-10-22-41/h5-36H,1-4H3. The molecule has 0 spiro atoms. The molecule has 1 aliphatic rings. The molecule has 0 unspecified atom stereocenters. The molecule has 1 aliphatic heterocycles. The molecule has 6 aromatic carbocycles. The van der Waals surface area contributed by atoms with Crippen LogP contribution in [0, 0.1) is 0 Å². The molecule has 0 radical (unpaired) electrons. The lowest BCUT2D eigenvalue weighted by atomic mass is 9.92. The van der Waals surface area contributed by atoms with E-state index in [0.717, 1.165) is 40.1 Å². The second-order valence-electron chi connectivity index (χ2n) is 15.0. The summed E-state index contributed by atoms with van der Waals surface area (Å²) in [7, 11) is -2.81. The van der Waals surface area contributed by atoms with Crippen molar-refractivity contribution >= 4 is 46.0 Å². The van der Waals surface area contributed by atoms with Gasteiger partial charge in [0.1, 0.15) is 23.1 Å². The Bertz CT molecular complexity index is 2570. The van der Waals surface area contributed by atoms with Gasteiger partial charge in [-0.1, -0.05) is 149 Å². The fourth-order valence-electron chi connectivity index (χ4n) is 8.56. The maximum atomic E-state index is 6.84. The Morgan fingerprint density at radius 1 is 0.518 bits per heavy atom. The monoisotopic (exact) mass is 744 g/mol. The second kappa shape index (κ2) is 14.6. The van der Waals surface area contributed by atoms with E-state index in [1.54, 1.807) is 0 Å². The van der Waals surface area contributed by atoms with Crippen molar-refractivity contribution in [3.8, 4) is 28.6 Å². The highest BCUT2D eigenvalue weighted by molar-refractivity contribution is 7.21. The van der Waals surface area contributed by atoms with Crippen molar-refractivity contribution in [3.63, 3.8) is 0 Å². The summed E-state index contributed by atoms with van der Waals surface area (Å²) in [4.78, 5) is 12.1. The third kappa shape index (κ3) is 5.94. The lowest BCUT2D eigenvalue weighted by Crippen LogP contribution is -2.77. The first-order chi connectivity index (χ1) is 27.4. The molecule has 6 heteroatoms. The molecule has 0 N–H and O–H groups in total. The van der Waals surface area contributed by atoms with Crippen LogP contribution in [0.4, 0.5) is 17.2 Å². The van der Waals surface area contributed by atoms with Crippen molar-refractivity contribution < 1.29 is 4.74 Å². The molecule has 0 saturated carbocycles. The van der Waals surface area contributed by atoms with Gasteiger partial charge in [-0.3, -0.25) is 9.47 Å². The predicted octanol–water partition coefficient (Wildman–Crippen LogP) is 10.1. The summed E-state index contributed by atoms with van der Waals surface area (Å²) in [5.74, 6) is 3.96. The van der Waals surface area contributed by atoms with Gasteiger partial charge in [-0.05, 0) is 80.1 Å². The minimum atomic E-state index is -2.81. The van der Waals surface area contributed by atoms with E-state index in [2.05, 4.69) is 195 Å². The molecule has 0 aliphatic carbocycles. The molecule has 56 heavy (non-hydrogen) atoms. The predicted molar refractivity (Wildman–Crippen MR) is 233 cm³/mol. The zero-order chi connectivity index (χ0) is 38.2. The van der Waals surface area contributed by atoms with Crippen LogP contribution >= 0.6 is 0 Å². The quantitative estimate of drug-likeness (QED) is 0.138. The number of para-hydroxylation sites is 2. The Labute approximate surface area is 330 Å². The summed E-state index contributed by atoms with van der Waals surface area (Å²) in [6.45, 7) is 9.03. The molecule has 0 fully saturated rings. The van der Waals surface area contributed by atoms with Gasteiger partial charge < -0.3 is 4.74 Å². The summed E-state index contributed by atoms with van der Waals surface area (Å²) in [6, 6.07) is 58.7. The zero-order valence-corrected chi connectivity index (χ0v) is 33.2. The van der Waals surface area contributed by atoms with Crippen LogP contribution in [-0.2, 0) is 0 Å². The van der Waals surface area contributed by atoms with E-state index in [4.69, 9.17) is 14.7 Å². The highest BCUT2D eigenvalue weighted by Gasteiger charge is 2.49. The average Bonchev–Trinajstić information content (AvgIpc) is 3.73. The number of hydrogen-bond donors (Lipinski definition) is 0. The lowest BCUT2D eigenvalue weighted by molar-refractivity contribution is 0.483. The van der Waals surface area contributed by atoms with Crippen molar-refractivity contribution in [1.29, 1.82) is 0 Å². The van der Waals surface area contributed by atoms with Gasteiger partial charge >= 0.3 is 0 Å². The molecular formula is C50H44N4OSi. The maximum absolute atomic E-state index is 6.84. The number of imidazole rings is 1. The summed E-state index contributed by atoms with van der Waals surface area (Å²) in [6.07, 6.45) is 5.84. The third-order valence-corrected chi connectivity index (χ3v) is 15.9. The fourth-order valence-corrected chi connectivity index (χ4v) is 13.6. The van der Waals surface area contributed by atoms with Crippen molar-refractivity contribution in [3.05, 3.63) is 194 Å². The van der Waals surface area contributed by atoms with Gasteiger partial charge in [0.25, 0.3) is 0 Å². The first-order valence-electron chi connectivity index (χ1n) is 19.5. The summed E-state index contributed by atoms with van der Waals surface area (Å²) in [5.41, 5.74) is 7.01. The SMILES string of the molecule is CC(C)c1cccc(C(C)C)c1-n1ccnc1-c1cccc(Oc2ccc3c(c2)N(c2ccccn2)c2ccccc2[Si]3(c2ccccc2)c2ccccc2)c1. The number of rotatable bonds is 9. The van der Waals surface area contributed by atoms with Crippen LogP contribution in [0.25, 0.3) is 17.1 Å². The number of pyridine rings is 1. The van der Waals surface area contributed by atoms with Gasteiger partial charge in [0.15, 0.2) is 8.07 Å². The van der Waals surface area contributed by atoms with E-state index in [1.807, 2.05) is 24.5 Å². The van der Waals surface area contributed by atoms with Crippen molar-refractivity contribution in [1.82, 2.24) is 14.5 Å². The van der Waals surface area contributed by atoms with Crippen LogP contribution in [-0.4, -0.2) is 22.6 Å². The molecule has 8 aromatic rings. The highest BCUT2D eigenvalue weighted by Crippen LogP contribution is 2.40. The minimum Gasteiger partial charge on any atom is -0.457 e. The van der Waals surface area contributed by atoms with Gasteiger partial charge in [-0.25, -0.2) is 9.97 Å². The van der Waals surface area contributed by atoms with Crippen molar-refractivity contribution in [2.24, 2.45) is 0 Å². The molecule has 2 aromatic heterocycles. The number of fused-ring (bicyclic) bond motifs is 2. The van der Waals surface area contributed by atoms with E-state index in [-0.39, 0.29) is 0 Å². The molecule has 0 atom stereocenters. The Kier molecular flexibility index (Phi) is 9.20. The maximum Gasteiger partial charge on any atom is 0.184 e. The number of hydrogen-bond acceptors (Lipinski definition) is 4. The van der Waals surface area contributed by atoms with Crippen LogP contribution in [0.5, 0.6) is 11.5 Å². The largest absolute Gasteiger partial charge is 0.457 e. The average molecular weight is 745 g/mol. The summed E-state index contributed by atoms with van der Waals surface area (Å²) >= 11 is 0. The van der Waals surface area contributed by atoms with E-state index in [0.29, 0.717) is 11.8 Å². The van der Waals surface area contributed by atoms with E-state index in [1.165, 1.54) is 37.6 Å². The molecule has 274 valence electrons. The normalized spacial score (nSPS) is 13.1. The molecule has 0 saturated heterocycles. The van der Waals surface area contributed by atoms with Gasteiger partial charge in [-0.2, -0.15) is 0 Å². The van der Waals surface area contributed by atoms with Crippen LogP contribution in [0.1, 0.15) is 50.7 Å². The van der Waals surface area contributed by atoms with Gasteiger partial charge in [-0.15, -0.1) is 0 Å². The summed E-state index contributed by atoms with van der Waals surface area (Å²) < 4.78 is 9.09. The zero-order valence-electron chi connectivity index (χ0n) is 32.2.